The number of aromatic nitrogens is 2. The highest BCUT2D eigenvalue weighted by atomic mass is 32.2. The molecule has 0 spiro atoms. The average Bonchev–Trinajstić information content (AvgIpc) is 2.91. The molecule has 0 saturated carbocycles. The molecule has 0 atom stereocenters. The minimum absolute atomic E-state index is 0.113. The molecule has 0 amide bonds. The van der Waals surface area contributed by atoms with Gasteiger partial charge in [-0.2, -0.15) is 9.40 Å². The van der Waals surface area contributed by atoms with E-state index in [-0.39, 0.29) is 11.1 Å². The van der Waals surface area contributed by atoms with Gasteiger partial charge >= 0.3 is 0 Å². The molecular formula is C10H18N4O3S. The molecule has 8 heteroatoms. The van der Waals surface area contributed by atoms with Crippen LogP contribution < -0.4 is 5.73 Å². The summed E-state index contributed by atoms with van der Waals surface area (Å²) in [6, 6.07) is 1.46. The Morgan fingerprint density at radius 2 is 2.22 bits per heavy atom. The zero-order valence-corrected chi connectivity index (χ0v) is 10.9. The Morgan fingerprint density at radius 1 is 1.50 bits per heavy atom. The highest BCUT2D eigenvalue weighted by molar-refractivity contribution is 7.89. The fourth-order valence-corrected chi connectivity index (χ4v) is 3.37. The minimum Gasteiger partial charge on any atom is -0.377 e. The molecule has 1 fully saturated rings. The predicted octanol–water partition coefficient (Wildman–Crippen LogP) is -0.462. The van der Waals surface area contributed by atoms with Crippen molar-refractivity contribution in [3.63, 3.8) is 0 Å². The first-order chi connectivity index (χ1) is 8.64. The summed E-state index contributed by atoms with van der Waals surface area (Å²) < 4.78 is 31.3. The number of hydrogen-bond acceptors (Lipinski definition) is 5. The van der Waals surface area contributed by atoms with E-state index in [1.807, 2.05) is 0 Å². The zero-order chi connectivity index (χ0) is 13.0. The molecule has 0 aromatic carbocycles. The van der Waals surface area contributed by atoms with Gasteiger partial charge in [0.2, 0.25) is 0 Å². The Morgan fingerprint density at radius 3 is 2.78 bits per heavy atom. The third kappa shape index (κ3) is 2.89. The van der Waals surface area contributed by atoms with Crippen molar-refractivity contribution in [3.05, 3.63) is 12.3 Å². The normalized spacial score (nSPS) is 19.2. The maximum atomic E-state index is 12.2. The second-order valence-electron chi connectivity index (χ2n) is 4.18. The van der Waals surface area contributed by atoms with E-state index >= 15 is 0 Å². The minimum atomic E-state index is -3.43. The van der Waals surface area contributed by atoms with E-state index in [1.54, 1.807) is 0 Å². The number of piperidine rings is 1. The molecule has 1 aliphatic heterocycles. The maximum absolute atomic E-state index is 12.2. The summed E-state index contributed by atoms with van der Waals surface area (Å²) >= 11 is 0. The molecule has 0 aliphatic carbocycles. The van der Waals surface area contributed by atoms with Gasteiger partial charge in [-0.3, -0.25) is 5.10 Å². The summed E-state index contributed by atoms with van der Waals surface area (Å²) in [6.45, 7) is 1.96. The lowest BCUT2D eigenvalue weighted by molar-refractivity contribution is 0.0257. The smallest absolute Gasteiger partial charge is 0.259 e. The number of rotatable bonds is 5. The number of sulfonamides is 1. The Kier molecular flexibility index (Phi) is 4.33. The number of nitrogens with one attached hydrogen (secondary N) is 1. The van der Waals surface area contributed by atoms with Crippen LogP contribution in [0.4, 0.5) is 0 Å². The Balaban J connectivity index is 1.94. The van der Waals surface area contributed by atoms with Gasteiger partial charge in [-0.05, 0) is 18.9 Å². The van der Waals surface area contributed by atoms with Gasteiger partial charge in [0.05, 0.1) is 18.9 Å². The van der Waals surface area contributed by atoms with Crippen LogP contribution in [0.1, 0.15) is 12.8 Å². The molecule has 0 radical (unpaired) electrons. The monoisotopic (exact) mass is 274 g/mol. The van der Waals surface area contributed by atoms with Crippen molar-refractivity contribution in [3.8, 4) is 0 Å². The molecule has 1 saturated heterocycles. The summed E-state index contributed by atoms with van der Waals surface area (Å²) in [7, 11) is -3.43. The molecule has 102 valence electrons. The summed E-state index contributed by atoms with van der Waals surface area (Å²) in [6.07, 6.45) is 2.95. The van der Waals surface area contributed by atoms with Crippen molar-refractivity contribution < 1.29 is 13.2 Å². The first kappa shape index (κ1) is 13.5. The number of aromatic amines is 1. The molecule has 18 heavy (non-hydrogen) atoms. The van der Waals surface area contributed by atoms with Gasteiger partial charge in [0.25, 0.3) is 10.0 Å². The van der Waals surface area contributed by atoms with E-state index in [2.05, 4.69) is 10.2 Å². The maximum Gasteiger partial charge on any atom is 0.259 e. The van der Waals surface area contributed by atoms with Crippen LogP contribution in [-0.4, -0.2) is 55.3 Å². The van der Waals surface area contributed by atoms with E-state index in [9.17, 15) is 8.42 Å². The SMILES string of the molecule is NCCOC1CCN(S(=O)(=O)c2ccn[nH]2)CC1. The third-order valence-corrected chi connectivity index (χ3v) is 4.79. The Labute approximate surface area is 106 Å². The van der Waals surface area contributed by atoms with Gasteiger partial charge in [-0.25, -0.2) is 8.42 Å². The molecule has 7 nitrogen and oxygen atoms in total. The molecule has 2 rings (SSSR count). The van der Waals surface area contributed by atoms with Crippen LogP contribution in [0, 0.1) is 0 Å². The summed E-state index contributed by atoms with van der Waals surface area (Å²) in [4.78, 5) is 0. The van der Waals surface area contributed by atoms with Crippen molar-refractivity contribution in [1.29, 1.82) is 0 Å². The number of hydrogen-bond donors (Lipinski definition) is 2. The standard InChI is InChI=1S/C10H18N4O3S/c11-4-8-17-9-2-6-14(7-3-9)18(15,16)10-1-5-12-13-10/h1,5,9H,2-4,6-8,11H2,(H,12,13). The van der Waals surface area contributed by atoms with Crippen LogP contribution in [0.3, 0.4) is 0 Å². The zero-order valence-electron chi connectivity index (χ0n) is 10.1. The van der Waals surface area contributed by atoms with E-state index < -0.39 is 10.0 Å². The van der Waals surface area contributed by atoms with Gasteiger partial charge in [0.1, 0.15) is 0 Å². The largest absolute Gasteiger partial charge is 0.377 e. The number of H-pyrrole nitrogens is 1. The van der Waals surface area contributed by atoms with Crippen molar-refractivity contribution in [2.45, 2.75) is 24.0 Å². The van der Waals surface area contributed by atoms with Crippen LogP contribution in [0.5, 0.6) is 0 Å². The molecule has 3 N–H and O–H groups in total. The van der Waals surface area contributed by atoms with Gasteiger partial charge < -0.3 is 10.5 Å². The molecular weight excluding hydrogens is 256 g/mol. The predicted molar refractivity (Wildman–Crippen MR) is 65.4 cm³/mol. The number of nitrogens with two attached hydrogens (primary N) is 1. The lowest BCUT2D eigenvalue weighted by Gasteiger charge is -2.30. The van der Waals surface area contributed by atoms with Crippen molar-refractivity contribution >= 4 is 10.0 Å². The molecule has 1 aromatic heterocycles. The summed E-state index contributed by atoms with van der Waals surface area (Å²) in [5.74, 6) is 0. The lowest BCUT2D eigenvalue weighted by Crippen LogP contribution is -2.41. The molecule has 2 heterocycles. The van der Waals surface area contributed by atoms with Crippen LogP contribution in [-0.2, 0) is 14.8 Å². The van der Waals surface area contributed by atoms with Crippen LogP contribution in [0.25, 0.3) is 0 Å². The van der Waals surface area contributed by atoms with Gasteiger partial charge in [0, 0.05) is 19.6 Å². The number of nitrogens with zero attached hydrogens (tertiary/aromatic N) is 2. The quantitative estimate of drug-likeness (QED) is 0.756. The van der Waals surface area contributed by atoms with Crippen molar-refractivity contribution in [2.24, 2.45) is 5.73 Å². The fourth-order valence-electron chi connectivity index (χ4n) is 2.00. The molecule has 0 unspecified atom stereocenters. The second-order valence-corrected chi connectivity index (χ2v) is 6.09. The molecule has 1 aliphatic rings. The third-order valence-electron chi connectivity index (χ3n) is 2.97. The molecule has 0 bridgehead atoms. The van der Waals surface area contributed by atoms with E-state index in [0.29, 0.717) is 39.1 Å². The van der Waals surface area contributed by atoms with E-state index in [1.165, 1.54) is 16.6 Å². The Bertz CT molecular complexity index is 451. The average molecular weight is 274 g/mol. The molecule has 1 aromatic rings. The first-order valence-electron chi connectivity index (χ1n) is 5.96. The summed E-state index contributed by atoms with van der Waals surface area (Å²) in [5.41, 5.74) is 5.36. The topological polar surface area (TPSA) is 101 Å². The van der Waals surface area contributed by atoms with E-state index in [4.69, 9.17) is 10.5 Å². The van der Waals surface area contributed by atoms with Crippen LogP contribution in [0.15, 0.2) is 17.3 Å². The first-order valence-corrected chi connectivity index (χ1v) is 7.40. The van der Waals surface area contributed by atoms with Crippen LogP contribution >= 0.6 is 0 Å². The fraction of sp³-hybridized carbons (Fsp3) is 0.700. The highest BCUT2D eigenvalue weighted by Crippen LogP contribution is 2.20. The van der Waals surface area contributed by atoms with Gasteiger partial charge in [0.15, 0.2) is 5.03 Å². The Hall–Kier alpha value is -0.960. The van der Waals surface area contributed by atoms with E-state index in [0.717, 1.165) is 0 Å². The summed E-state index contributed by atoms with van der Waals surface area (Å²) in [5, 5.41) is 6.30. The van der Waals surface area contributed by atoms with Crippen molar-refractivity contribution in [1.82, 2.24) is 14.5 Å². The lowest BCUT2D eigenvalue weighted by atomic mass is 10.1. The van der Waals surface area contributed by atoms with Gasteiger partial charge in [-0.15, -0.1) is 0 Å². The highest BCUT2D eigenvalue weighted by Gasteiger charge is 2.30. The second kappa shape index (κ2) is 5.79. The van der Waals surface area contributed by atoms with Gasteiger partial charge in [-0.1, -0.05) is 0 Å². The number of ether oxygens (including phenoxy) is 1. The van der Waals surface area contributed by atoms with Crippen molar-refractivity contribution in [2.75, 3.05) is 26.2 Å². The van der Waals surface area contributed by atoms with Crippen LogP contribution in [0.2, 0.25) is 0 Å².